The Morgan fingerprint density at radius 3 is 3.14 bits per heavy atom. The highest BCUT2D eigenvalue weighted by molar-refractivity contribution is 7.17. The molecule has 3 nitrogen and oxygen atoms in total. The molecule has 0 aromatic carbocycles. The summed E-state index contributed by atoms with van der Waals surface area (Å²) in [5.74, 6) is 0.648. The van der Waals surface area contributed by atoms with E-state index in [-0.39, 0.29) is 12.2 Å². The lowest BCUT2D eigenvalue weighted by molar-refractivity contribution is 0.283. The molecule has 0 aliphatic rings. The molecule has 0 amide bonds. The van der Waals surface area contributed by atoms with E-state index in [1.165, 1.54) is 11.3 Å². The largest absolute Gasteiger partial charge is 0.427 e. The molecular formula is C10H10O3S. The lowest BCUT2D eigenvalue weighted by atomic mass is 10.2. The number of thiophene rings is 1. The summed E-state index contributed by atoms with van der Waals surface area (Å²) in [5.41, 5.74) is -0.273. The van der Waals surface area contributed by atoms with Crippen molar-refractivity contribution in [1.82, 2.24) is 0 Å². The minimum absolute atomic E-state index is 0.116. The Bertz CT molecular complexity index is 483. The topological polar surface area (TPSA) is 50.4 Å². The third kappa shape index (κ3) is 1.71. The van der Waals surface area contributed by atoms with Crippen LogP contribution in [0.4, 0.5) is 0 Å². The molecule has 0 aliphatic carbocycles. The minimum Gasteiger partial charge on any atom is -0.427 e. The fraction of sp³-hybridized carbons (Fsp3) is 0.300. The maximum Gasteiger partial charge on any atom is 0.354 e. The highest BCUT2D eigenvalue weighted by Crippen LogP contribution is 2.18. The van der Waals surface area contributed by atoms with E-state index in [9.17, 15) is 4.79 Å². The number of aliphatic hydroxyl groups excluding tert-OH is 1. The van der Waals surface area contributed by atoms with Gasteiger partial charge in [-0.25, -0.2) is 4.79 Å². The van der Waals surface area contributed by atoms with Gasteiger partial charge in [0.2, 0.25) is 0 Å². The van der Waals surface area contributed by atoms with Crippen molar-refractivity contribution in [1.29, 1.82) is 0 Å². The molecule has 0 bridgehead atoms. The number of hydrogen-bond donors (Lipinski definition) is 1. The second-order valence-electron chi connectivity index (χ2n) is 3.03. The van der Waals surface area contributed by atoms with Crippen LogP contribution in [0.3, 0.4) is 0 Å². The minimum atomic E-state index is -0.273. The van der Waals surface area contributed by atoms with Crippen molar-refractivity contribution in [2.45, 2.75) is 12.8 Å². The van der Waals surface area contributed by atoms with Crippen LogP contribution in [0, 0.1) is 0 Å². The van der Waals surface area contributed by atoms with Gasteiger partial charge in [-0.05, 0) is 23.9 Å². The van der Waals surface area contributed by atoms with Crippen LogP contribution in [0.5, 0.6) is 0 Å². The van der Waals surface area contributed by atoms with Crippen LogP contribution >= 0.6 is 11.3 Å². The van der Waals surface area contributed by atoms with E-state index in [1.54, 1.807) is 0 Å². The molecule has 1 N–H and O–H groups in total. The van der Waals surface area contributed by atoms with Crippen molar-refractivity contribution in [3.05, 3.63) is 33.7 Å². The lowest BCUT2D eigenvalue weighted by Crippen LogP contribution is -2.00. The molecule has 0 saturated carbocycles. The van der Waals surface area contributed by atoms with Crippen molar-refractivity contribution in [2.24, 2.45) is 0 Å². The average molecular weight is 210 g/mol. The second kappa shape index (κ2) is 3.94. The molecule has 0 spiro atoms. The van der Waals surface area contributed by atoms with Gasteiger partial charge in [0.05, 0.1) is 0 Å². The normalized spacial score (nSPS) is 10.9. The van der Waals surface area contributed by atoms with Crippen molar-refractivity contribution >= 4 is 21.4 Å². The molecule has 0 saturated heterocycles. The van der Waals surface area contributed by atoms with Gasteiger partial charge in [-0.2, -0.15) is 0 Å². The molecule has 0 aliphatic heterocycles. The van der Waals surface area contributed by atoms with Gasteiger partial charge in [0, 0.05) is 18.4 Å². The third-order valence-corrected chi connectivity index (χ3v) is 2.91. The monoisotopic (exact) mass is 210 g/mol. The smallest absolute Gasteiger partial charge is 0.354 e. The zero-order chi connectivity index (χ0) is 9.97. The molecule has 2 rings (SSSR count). The van der Waals surface area contributed by atoms with Crippen LogP contribution < -0.4 is 5.63 Å². The summed E-state index contributed by atoms with van der Waals surface area (Å²) in [7, 11) is 0. The highest BCUT2D eigenvalue weighted by atomic mass is 32.1. The van der Waals surface area contributed by atoms with Crippen molar-refractivity contribution in [2.75, 3.05) is 6.61 Å². The average Bonchev–Trinajstić information content (AvgIpc) is 2.63. The quantitative estimate of drug-likeness (QED) is 0.840. The van der Waals surface area contributed by atoms with Crippen LogP contribution in [-0.2, 0) is 6.42 Å². The first-order chi connectivity index (χ1) is 6.81. The van der Waals surface area contributed by atoms with E-state index in [2.05, 4.69) is 0 Å². The molecular weight excluding hydrogens is 200 g/mol. The van der Waals surface area contributed by atoms with Crippen LogP contribution in [-0.4, -0.2) is 11.7 Å². The molecule has 2 heterocycles. The van der Waals surface area contributed by atoms with E-state index in [0.29, 0.717) is 23.3 Å². The fourth-order valence-corrected chi connectivity index (χ4v) is 2.10. The molecule has 0 unspecified atom stereocenters. The van der Waals surface area contributed by atoms with Crippen molar-refractivity contribution < 1.29 is 9.52 Å². The predicted octanol–water partition coefficient (Wildman–Crippen LogP) is 1.78. The Morgan fingerprint density at radius 2 is 2.36 bits per heavy atom. The number of aliphatic hydroxyl groups is 1. The molecule has 74 valence electrons. The number of aryl methyl sites for hydroxylation is 1. The maximum atomic E-state index is 11.4. The maximum absolute atomic E-state index is 11.4. The molecule has 4 heteroatoms. The summed E-state index contributed by atoms with van der Waals surface area (Å²) < 4.78 is 5.76. The summed E-state index contributed by atoms with van der Waals surface area (Å²) in [4.78, 5) is 11.4. The van der Waals surface area contributed by atoms with Crippen molar-refractivity contribution in [3.8, 4) is 0 Å². The number of rotatable bonds is 3. The van der Waals surface area contributed by atoms with Gasteiger partial charge < -0.3 is 9.52 Å². The van der Waals surface area contributed by atoms with Crippen LogP contribution in [0.2, 0.25) is 0 Å². The van der Waals surface area contributed by atoms with Gasteiger partial charge in [0.25, 0.3) is 0 Å². The van der Waals surface area contributed by atoms with Gasteiger partial charge >= 0.3 is 5.63 Å². The second-order valence-corrected chi connectivity index (χ2v) is 3.95. The van der Waals surface area contributed by atoms with E-state index in [1.807, 2.05) is 17.5 Å². The summed E-state index contributed by atoms with van der Waals surface area (Å²) in [6.45, 7) is 0.116. The Balaban J connectivity index is 2.43. The first-order valence-electron chi connectivity index (χ1n) is 4.42. The summed E-state index contributed by atoms with van der Waals surface area (Å²) in [6, 6.07) is 3.77. The third-order valence-electron chi connectivity index (χ3n) is 2.00. The van der Waals surface area contributed by atoms with Gasteiger partial charge in [-0.15, -0.1) is 11.3 Å². The Hall–Kier alpha value is -1.13. The zero-order valence-electron chi connectivity index (χ0n) is 7.53. The number of hydrogen-bond acceptors (Lipinski definition) is 4. The fourth-order valence-electron chi connectivity index (χ4n) is 1.34. The SMILES string of the molecule is O=c1oc(CCCO)cc2ccsc12. The summed E-state index contributed by atoms with van der Waals surface area (Å²) in [5, 5.41) is 11.5. The van der Waals surface area contributed by atoms with Gasteiger partial charge in [-0.3, -0.25) is 0 Å². The zero-order valence-corrected chi connectivity index (χ0v) is 8.34. The molecule has 2 aromatic rings. The lowest BCUT2D eigenvalue weighted by Gasteiger charge is -1.97. The van der Waals surface area contributed by atoms with E-state index in [4.69, 9.17) is 9.52 Å². The molecule has 0 fully saturated rings. The Labute approximate surface area is 84.6 Å². The van der Waals surface area contributed by atoms with E-state index >= 15 is 0 Å². The Kier molecular flexibility index (Phi) is 2.65. The molecule has 2 aromatic heterocycles. The van der Waals surface area contributed by atoms with Crippen LogP contribution in [0.1, 0.15) is 12.2 Å². The first kappa shape index (κ1) is 9.43. The molecule has 14 heavy (non-hydrogen) atoms. The van der Waals surface area contributed by atoms with Gasteiger partial charge in [0.1, 0.15) is 10.5 Å². The highest BCUT2D eigenvalue weighted by Gasteiger charge is 2.04. The van der Waals surface area contributed by atoms with Gasteiger partial charge in [0.15, 0.2) is 0 Å². The van der Waals surface area contributed by atoms with Crippen molar-refractivity contribution in [3.63, 3.8) is 0 Å². The Morgan fingerprint density at radius 1 is 1.50 bits per heavy atom. The van der Waals surface area contributed by atoms with Gasteiger partial charge in [-0.1, -0.05) is 0 Å². The van der Waals surface area contributed by atoms with E-state index in [0.717, 1.165) is 5.39 Å². The standard InChI is InChI=1S/C10H10O3S/c11-4-1-2-8-6-7-3-5-14-9(7)10(12)13-8/h3,5-6,11H,1-2,4H2. The summed E-state index contributed by atoms with van der Waals surface area (Å²) in [6.07, 6.45) is 1.23. The first-order valence-corrected chi connectivity index (χ1v) is 5.30. The number of fused-ring (bicyclic) bond motifs is 1. The molecule has 0 atom stereocenters. The predicted molar refractivity (Wildman–Crippen MR) is 55.8 cm³/mol. The molecule has 0 radical (unpaired) electrons. The van der Waals surface area contributed by atoms with Crippen LogP contribution in [0.25, 0.3) is 10.1 Å². The summed E-state index contributed by atoms with van der Waals surface area (Å²) >= 11 is 1.39. The van der Waals surface area contributed by atoms with Crippen LogP contribution in [0.15, 0.2) is 26.7 Å². The van der Waals surface area contributed by atoms with E-state index < -0.39 is 0 Å².